The van der Waals surface area contributed by atoms with E-state index in [2.05, 4.69) is 10.4 Å². The van der Waals surface area contributed by atoms with E-state index in [0.717, 1.165) is 12.1 Å². The van der Waals surface area contributed by atoms with Gasteiger partial charge in [0.1, 0.15) is 0 Å². The molecule has 0 spiro atoms. The highest BCUT2D eigenvalue weighted by Gasteiger charge is 2.15. The maximum absolute atomic E-state index is 11.9. The van der Waals surface area contributed by atoms with Crippen molar-refractivity contribution >= 4 is 17.5 Å². The predicted octanol–water partition coefficient (Wildman–Crippen LogP) is 1.86. The predicted molar refractivity (Wildman–Crippen MR) is 64.8 cm³/mol. The third-order valence-corrected chi connectivity index (χ3v) is 2.71. The van der Waals surface area contributed by atoms with Crippen molar-refractivity contribution in [2.45, 2.75) is 38.6 Å². The summed E-state index contributed by atoms with van der Waals surface area (Å²) in [7, 11) is 1.82. The number of carbonyl (C=O) groups excluding carboxylic acids is 1. The van der Waals surface area contributed by atoms with E-state index in [1.54, 1.807) is 10.9 Å². The summed E-state index contributed by atoms with van der Waals surface area (Å²) in [6.07, 6.45) is 2.34. The van der Waals surface area contributed by atoms with Gasteiger partial charge in [-0.1, -0.05) is 0 Å². The van der Waals surface area contributed by atoms with Gasteiger partial charge in [0.05, 0.1) is 11.8 Å². The lowest BCUT2D eigenvalue weighted by Crippen LogP contribution is -2.34. The standard InChI is InChI=1S/C11H18ClN3O/c1-7(12)5-8(2)14-11(16)10-6-13-15(4)9(10)3/h6-8H,5H2,1-4H3,(H,14,16). The van der Waals surface area contributed by atoms with Gasteiger partial charge in [-0.3, -0.25) is 9.48 Å². The molecule has 0 radical (unpaired) electrons. The molecule has 0 saturated heterocycles. The Morgan fingerprint density at radius 1 is 1.62 bits per heavy atom. The van der Waals surface area contributed by atoms with Crippen LogP contribution in [0.2, 0.25) is 0 Å². The summed E-state index contributed by atoms with van der Waals surface area (Å²) in [5, 5.41) is 7.00. The number of amides is 1. The first-order valence-corrected chi connectivity index (χ1v) is 5.79. The molecular weight excluding hydrogens is 226 g/mol. The first-order valence-electron chi connectivity index (χ1n) is 5.35. The Labute approximate surface area is 101 Å². The zero-order valence-electron chi connectivity index (χ0n) is 10.1. The van der Waals surface area contributed by atoms with E-state index in [0.29, 0.717) is 5.56 Å². The Bertz CT molecular complexity index is 373. The number of alkyl halides is 1. The van der Waals surface area contributed by atoms with E-state index in [1.165, 1.54) is 0 Å². The number of nitrogens with zero attached hydrogens (tertiary/aromatic N) is 2. The van der Waals surface area contributed by atoms with E-state index in [9.17, 15) is 4.79 Å². The molecule has 0 aromatic carbocycles. The fraction of sp³-hybridized carbons (Fsp3) is 0.636. The van der Waals surface area contributed by atoms with Gasteiger partial charge in [0.2, 0.25) is 0 Å². The second-order valence-electron chi connectivity index (χ2n) is 4.16. The molecule has 2 unspecified atom stereocenters. The Hall–Kier alpha value is -1.03. The minimum absolute atomic E-state index is 0.0605. The fourth-order valence-corrected chi connectivity index (χ4v) is 1.84. The van der Waals surface area contributed by atoms with E-state index in [-0.39, 0.29) is 17.3 Å². The Morgan fingerprint density at radius 2 is 2.25 bits per heavy atom. The first kappa shape index (κ1) is 13.0. The molecule has 0 fully saturated rings. The van der Waals surface area contributed by atoms with Crippen molar-refractivity contribution in [2.75, 3.05) is 0 Å². The lowest BCUT2D eigenvalue weighted by atomic mass is 10.1. The number of aromatic nitrogens is 2. The smallest absolute Gasteiger partial charge is 0.254 e. The average molecular weight is 244 g/mol. The molecule has 1 aromatic rings. The number of halogens is 1. The highest BCUT2D eigenvalue weighted by atomic mass is 35.5. The molecule has 1 amide bonds. The highest BCUT2D eigenvalue weighted by Crippen LogP contribution is 2.08. The quantitative estimate of drug-likeness (QED) is 0.821. The van der Waals surface area contributed by atoms with Gasteiger partial charge in [0.15, 0.2) is 0 Å². The topological polar surface area (TPSA) is 46.9 Å². The van der Waals surface area contributed by atoms with Crippen molar-refractivity contribution in [1.82, 2.24) is 15.1 Å². The van der Waals surface area contributed by atoms with Crippen LogP contribution in [0.15, 0.2) is 6.20 Å². The van der Waals surface area contributed by atoms with E-state index in [4.69, 9.17) is 11.6 Å². The molecule has 0 aliphatic heterocycles. The van der Waals surface area contributed by atoms with Crippen LogP contribution in [-0.4, -0.2) is 27.1 Å². The molecule has 1 rings (SSSR count). The average Bonchev–Trinajstić information content (AvgIpc) is 2.45. The number of hydrogen-bond acceptors (Lipinski definition) is 2. The van der Waals surface area contributed by atoms with Crippen LogP contribution in [0.1, 0.15) is 36.3 Å². The van der Waals surface area contributed by atoms with Crippen molar-refractivity contribution in [3.05, 3.63) is 17.5 Å². The molecular formula is C11H18ClN3O. The van der Waals surface area contributed by atoms with Crippen LogP contribution in [0.5, 0.6) is 0 Å². The second kappa shape index (κ2) is 5.34. The molecule has 1 heterocycles. The van der Waals surface area contributed by atoms with Crippen LogP contribution >= 0.6 is 11.6 Å². The molecule has 4 nitrogen and oxygen atoms in total. The summed E-state index contributed by atoms with van der Waals surface area (Å²) >= 11 is 5.87. The first-order chi connectivity index (χ1) is 7.41. The summed E-state index contributed by atoms with van der Waals surface area (Å²) in [6.45, 7) is 5.73. The van der Waals surface area contributed by atoms with Gasteiger partial charge in [0, 0.05) is 24.2 Å². The van der Waals surface area contributed by atoms with Crippen LogP contribution in [-0.2, 0) is 7.05 Å². The number of hydrogen-bond donors (Lipinski definition) is 1. The summed E-state index contributed by atoms with van der Waals surface area (Å²) in [4.78, 5) is 11.9. The third-order valence-electron chi connectivity index (χ3n) is 2.54. The van der Waals surface area contributed by atoms with E-state index in [1.807, 2.05) is 27.8 Å². The molecule has 0 bridgehead atoms. The van der Waals surface area contributed by atoms with Gasteiger partial charge in [0.25, 0.3) is 5.91 Å². The van der Waals surface area contributed by atoms with Gasteiger partial charge < -0.3 is 5.32 Å². The summed E-state index contributed by atoms with van der Waals surface area (Å²) in [6, 6.07) is 0.0691. The van der Waals surface area contributed by atoms with Crippen molar-refractivity contribution in [1.29, 1.82) is 0 Å². The molecule has 16 heavy (non-hydrogen) atoms. The normalized spacial score (nSPS) is 14.6. The van der Waals surface area contributed by atoms with Crippen molar-refractivity contribution in [2.24, 2.45) is 7.05 Å². The summed E-state index contributed by atoms with van der Waals surface area (Å²) in [5.41, 5.74) is 1.49. The number of aryl methyl sites for hydroxylation is 1. The summed E-state index contributed by atoms with van der Waals surface area (Å²) < 4.78 is 1.68. The number of rotatable bonds is 4. The van der Waals surface area contributed by atoms with Crippen LogP contribution in [0.25, 0.3) is 0 Å². The lowest BCUT2D eigenvalue weighted by Gasteiger charge is -2.14. The van der Waals surface area contributed by atoms with Gasteiger partial charge in [-0.05, 0) is 27.2 Å². The molecule has 2 atom stereocenters. The second-order valence-corrected chi connectivity index (χ2v) is 4.90. The number of nitrogens with one attached hydrogen (secondary N) is 1. The lowest BCUT2D eigenvalue weighted by molar-refractivity contribution is 0.0938. The van der Waals surface area contributed by atoms with Gasteiger partial charge in [-0.15, -0.1) is 11.6 Å². The molecule has 0 saturated carbocycles. The van der Waals surface area contributed by atoms with Crippen LogP contribution < -0.4 is 5.32 Å². The minimum atomic E-state index is -0.0876. The Morgan fingerprint density at radius 3 is 2.69 bits per heavy atom. The molecule has 0 aliphatic rings. The monoisotopic (exact) mass is 243 g/mol. The zero-order chi connectivity index (χ0) is 12.3. The fourth-order valence-electron chi connectivity index (χ4n) is 1.57. The maximum atomic E-state index is 11.9. The SMILES string of the molecule is Cc1c(C(=O)NC(C)CC(C)Cl)cnn1C. The largest absolute Gasteiger partial charge is 0.349 e. The van der Waals surface area contributed by atoms with E-state index < -0.39 is 0 Å². The van der Waals surface area contributed by atoms with Crippen molar-refractivity contribution < 1.29 is 4.79 Å². The van der Waals surface area contributed by atoms with Gasteiger partial charge in [-0.2, -0.15) is 5.10 Å². The van der Waals surface area contributed by atoms with E-state index >= 15 is 0 Å². The van der Waals surface area contributed by atoms with Crippen LogP contribution in [0, 0.1) is 6.92 Å². The third kappa shape index (κ3) is 3.23. The summed E-state index contributed by atoms with van der Waals surface area (Å²) in [5.74, 6) is -0.0876. The Kier molecular flexibility index (Phi) is 4.35. The van der Waals surface area contributed by atoms with Crippen molar-refractivity contribution in [3.63, 3.8) is 0 Å². The minimum Gasteiger partial charge on any atom is -0.349 e. The maximum Gasteiger partial charge on any atom is 0.254 e. The van der Waals surface area contributed by atoms with Crippen molar-refractivity contribution in [3.8, 4) is 0 Å². The molecule has 1 N–H and O–H groups in total. The molecule has 5 heteroatoms. The Balaban J connectivity index is 2.62. The highest BCUT2D eigenvalue weighted by molar-refractivity contribution is 6.20. The van der Waals surface area contributed by atoms with Gasteiger partial charge in [-0.25, -0.2) is 0 Å². The molecule has 1 aromatic heterocycles. The van der Waals surface area contributed by atoms with Crippen LogP contribution in [0.4, 0.5) is 0 Å². The molecule has 0 aliphatic carbocycles. The van der Waals surface area contributed by atoms with Crippen LogP contribution in [0.3, 0.4) is 0 Å². The molecule has 90 valence electrons. The number of carbonyl (C=O) groups is 1. The zero-order valence-corrected chi connectivity index (χ0v) is 10.9. The van der Waals surface area contributed by atoms with Gasteiger partial charge >= 0.3 is 0 Å².